The molecule has 16 rings (SSSR count). The highest BCUT2D eigenvalue weighted by Gasteiger charge is 2.21. The number of hydrogen-bond acceptors (Lipinski definition) is 11. The molecule has 0 amide bonds. The first-order chi connectivity index (χ1) is 51.8. The van der Waals surface area contributed by atoms with Crippen LogP contribution in [0.4, 0.5) is 13.2 Å². The van der Waals surface area contributed by atoms with Crippen LogP contribution in [-0.4, -0.2) is 56.7 Å². The molecule has 0 aliphatic heterocycles. The van der Waals surface area contributed by atoms with Gasteiger partial charge in [0.15, 0.2) is 23.1 Å². The van der Waals surface area contributed by atoms with Gasteiger partial charge in [-0.3, -0.25) is 22.6 Å². The third-order valence-electron chi connectivity index (χ3n) is 17.7. The van der Waals surface area contributed by atoms with Crippen LogP contribution in [0.2, 0.25) is 40.2 Å². The zero-order chi connectivity index (χ0) is 75.3. The molecule has 0 fully saturated rings. The predicted molar refractivity (Wildman–Crippen MR) is 427 cm³/mol. The molecule has 0 bridgehead atoms. The van der Waals surface area contributed by atoms with E-state index in [1.165, 1.54) is 18.2 Å². The number of ether oxygens (including phenoxy) is 2. The number of benzene rings is 7. The summed E-state index contributed by atoms with van der Waals surface area (Å²) in [5.74, 6) is -0.765. The SMILES string of the molecule is COc1ccc(-c2cnc3cc(CN)c(-c4ccc(Cl)cc4Cl)cn23)cc1OC.NCc1cc2ncc(-c3ccc(F)c(F)c3)n2cc1-c1ccc(Cl)cc1Cl.NCc1cc2ncc(-c3ccc(F)cc3)n2cc1-c1ccc(Cl)cc1Cl.NCc1cc2ncc(-c3ccncc3)n2cc1-c1ccc(Cl)cc1Cl. The van der Waals surface area contributed by atoms with E-state index in [-0.39, 0.29) is 12.4 Å². The Balaban J connectivity index is 0.000000126. The molecule has 538 valence electrons. The Hall–Kier alpha value is -10.0. The van der Waals surface area contributed by atoms with Crippen molar-refractivity contribution < 1.29 is 22.6 Å². The van der Waals surface area contributed by atoms with Crippen LogP contribution in [0.1, 0.15) is 22.3 Å². The summed E-state index contributed by atoms with van der Waals surface area (Å²) in [4.78, 5) is 22.0. The van der Waals surface area contributed by atoms with Crippen molar-refractivity contribution in [2.45, 2.75) is 26.2 Å². The maximum absolute atomic E-state index is 13.7. The molecule has 9 aromatic heterocycles. The Bertz CT molecular complexity index is 6000. The van der Waals surface area contributed by atoms with E-state index in [0.29, 0.717) is 88.2 Å². The number of pyridine rings is 5. The predicted octanol–water partition coefficient (Wildman–Crippen LogP) is 21.6. The van der Waals surface area contributed by atoms with Crippen LogP contribution in [0.5, 0.6) is 11.5 Å². The Morgan fingerprint density at radius 2 is 0.626 bits per heavy atom. The number of imidazole rings is 4. The van der Waals surface area contributed by atoms with Gasteiger partial charge in [0, 0.05) is 170 Å². The molecule has 107 heavy (non-hydrogen) atoms. The normalized spacial score (nSPS) is 11.2. The van der Waals surface area contributed by atoms with Crippen LogP contribution in [0, 0.1) is 17.5 Å². The summed E-state index contributed by atoms with van der Waals surface area (Å²) in [7, 11) is 3.23. The molecular weight excluding hydrogens is 1530 g/mol. The molecule has 0 aliphatic carbocycles. The molecule has 16 aromatic rings. The molecule has 0 unspecified atom stereocenters. The van der Waals surface area contributed by atoms with Gasteiger partial charge in [-0.15, -0.1) is 0 Å². The number of nitrogens with zero attached hydrogens (tertiary/aromatic N) is 9. The Morgan fingerprint density at radius 1 is 0.318 bits per heavy atom. The second-order valence-electron chi connectivity index (χ2n) is 24.1. The van der Waals surface area contributed by atoms with Crippen LogP contribution >= 0.6 is 92.8 Å². The summed E-state index contributed by atoms with van der Waals surface area (Å²) < 4.78 is 58.8. The van der Waals surface area contributed by atoms with E-state index in [1.807, 2.05) is 141 Å². The summed E-state index contributed by atoms with van der Waals surface area (Å²) >= 11 is 49.8. The summed E-state index contributed by atoms with van der Waals surface area (Å²) in [6.45, 7) is 1.40. The number of nitrogens with two attached hydrogens (primary N) is 4. The Labute approximate surface area is 651 Å². The standard InChI is InChI=1S/C22H19Cl2N3O2.C20H13Cl2F2N3.C20H14Cl2FN3.C19H14Cl2N4/c1-28-20-6-3-13(7-21(20)29-2)19-11-26-22-8-14(10-25)17(12-27(19)22)16-5-4-15(23)9-18(16)24;21-13-2-3-14(16(22)7-13)15-10-27-19(9-26-20(27)6-12(15)8-25)11-1-4-17(23)18(24)5-11;21-14-3-6-16(18(22)8-14)17-11-26-19(12-1-4-15(23)5-2-12)10-25-20(26)7-13(17)9-24;20-14-1-2-15(17(21)8-14)16-11-25-18(12-3-5-23-6-4-12)10-24-19(25)7-13(16)9-22/h3-9,11-12H,10,25H2,1-2H3;1-7,9-10H,8,25H2;1-8,10-11H,9,24H2;1-8,10-11H,9,22H2. The lowest BCUT2D eigenvalue weighted by atomic mass is 10.0. The number of methoxy groups -OCH3 is 2. The molecule has 7 aromatic carbocycles. The number of hydrogen-bond donors (Lipinski definition) is 4. The van der Waals surface area contributed by atoms with Gasteiger partial charge in [-0.25, -0.2) is 33.1 Å². The van der Waals surface area contributed by atoms with Gasteiger partial charge in [0.05, 0.1) is 61.8 Å². The number of aromatic nitrogens is 9. The van der Waals surface area contributed by atoms with Crippen molar-refractivity contribution in [2.75, 3.05) is 14.2 Å². The zero-order valence-electron chi connectivity index (χ0n) is 56.6. The molecule has 0 aliphatic rings. The number of halogens is 11. The molecule has 15 nitrogen and oxygen atoms in total. The average Bonchev–Trinajstić information content (AvgIpc) is 1.69. The molecular formula is C81H60Cl8F3N13O2. The summed E-state index contributed by atoms with van der Waals surface area (Å²) in [5, 5.41) is 4.49. The highest BCUT2D eigenvalue weighted by molar-refractivity contribution is 6.38. The van der Waals surface area contributed by atoms with E-state index in [4.69, 9.17) is 125 Å². The van der Waals surface area contributed by atoms with Crippen molar-refractivity contribution in [2.24, 2.45) is 22.9 Å². The second-order valence-corrected chi connectivity index (χ2v) is 27.5. The van der Waals surface area contributed by atoms with Gasteiger partial charge in [-0.05, 0) is 168 Å². The minimum Gasteiger partial charge on any atom is -0.493 e. The molecule has 0 spiro atoms. The summed E-state index contributed by atoms with van der Waals surface area (Å²) in [5.41, 5.74) is 44.3. The zero-order valence-corrected chi connectivity index (χ0v) is 62.6. The van der Waals surface area contributed by atoms with E-state index in [1.54, 1.807) is 91.9 Å². The minimum absolute atomic E-state index is 0.276. The Morgan fingerprint density at radius 3 is 0.944 bits per heavy atom. The van der Waals surface area contributed by atoms with Crippen LogP contribution in [0.15, 0.2) is 232 Å². The molecule has 0 saturated carbocycles. The highest BCUT2D eigenvalue weighted by atomic mass is 35.5. The fraction of sp³-hybridized carbons (Fsp3) is 0.0741. The van der Waals surface area contributed by atoms with E-state index >= 15 is 0 Å². The molecule has 0 radical (unpaired) electrons. The largest absolute Gasteiger partial charge is 0.493 e. The van der Waals surface area contributed by atoms with E-state index in [9.17, 15) is 13.2 Å². The van der Waals surface area contributed by atoms with Gasteiger partial charge < -0.3 is 32.4 Å². The van der Waals surface area contributed by atoms with Crippen LogP contribution in [-0.2, 0) is 26.2 Å². The first-order valence-corrected chi connectivity index (χ1v) is 35.8. The molecule has 26 heteroatoms. The molecule has 8 N–H and O–H groups in total. The van der Waals surface area contributed by atoms with E-state index < -0.39 is 11.6 Å². The first kappa shape index (κ1) is 75.2. The number of rotatable bonds is 14. The van der Waals surface area contributed by atoms with Gasteiger partial charge >= 0.3 is 0 Å². The van der Waals surface area contributed by atoms with Crippen LogP contribution in [0.3, 0.4) is 0 Å². The topological polar surface area (TPSA) is 205 Å². The van der Waals surface area contributed by atoms with Gasteiger partial charge in [0.2, 0.25) is 0 Å². The van der Waals surface area contributed by atoms with Crippen molar-refractivity contribution in [3.8, 4) is 101 Å². The van der Waals surface area contributed by atoms with Crippen molar-refractivity contribution in [3.63, 3.8) is 0 Å². The van der Waals surface area contributed by atoms with Crippen molar-refractivity contribution in [1.29, 1.82) is 0 Å². The van der Waals surface area contributed by atoms with E-state index in [0.717, 1.165) is 130 Å². The lowest BCUT2D eigenvalue weighted by Gasteiger charge is -2.13. The lowest BCUT2D eigenvalue weighted by molar-refractivity contribution is 0.355. The first-order valence-electron chi connectivity index (χ1n) is 32.7. The maximum atomic E-state index is 13.7. The minimum atomic E-state index is -0.915. The molecule has 0 saturated heterocycles. The molecule has 0 atom stereocenters. The third-order valence-corrected chi connectivity index (χ3v) is 19.9. The summed E-state index contributed by atoms with van der Waals surface area (Å²) in [6, 6.07) is 49.0. The quantitative estimate of drug-likeness (QED) is 0.0806. The van der Waals surface area contributed by atoms with Crippen molar-refractivity contribution in [1.82, 2.24) is 42.5 Å². The van der Waals surface area contributed by atoms with Crippen molar-refractivity contribution >= 4 is 115 Å². The van der Waals surface area contributed by atoms with Gasteiger partial charge in [0.1, 0.15) is 28.4 Å². The van der Waals surface area contributed by atoms with Gasteiger partial charge in [0.25, 0.3) is 0 Å². The third kappa shape index (κ3) is 16.0. The fourth-order valence-corrected chi connectivity index (χ4v) is 14.4. The average molecular weight is 1590 g/mol. The van der Waals surface area contributed by atoms with Gasteiger partial charge in [-0.1, -0.05) is 117 Å². The van der Waals surface area contributed by atoms with E-state index in [2.05, 4.69) is 24.9 Å². The van der Waals surface area contributed by atoms with Crippen LogP contribution < -0.4 is 32.4 Å². The number of fused-ring (bicyclic) bond motifs is 4. The fourth-order valence-electron chi connectivity index (χ4n) is 12.4. The highest BCUT2D eigenvalue weighted by Crippen LogP contribution is 2.41. The summed E-state index contributed by atoms with van der Waals surface area (Å²) in [6.07, 6.45) is 18.4. The second kappa shape index (κ2) is 33.0. The van der Waals surface area contributed by atoms with Crippen LogP contribution in [0.25, 0.3) is 112 Å². The Kier molecular flexibility index (Phi) is 23.2. The van der Waals surface area contributed by atoms with Crippen molar-refractivity contribution in [3.05, 3.63) is 312 Å². The maximum Gasteiger partial charge on any atom is 0.161 e. The van der Waals surface area contributed by atoms with Gasteiger partial charge in [-0.2, -0.15) is 0 Å². The monoisotopic (exact) mass is 1580 g/mol. The lowest BCUT2D eigenvalue weighted by Crippen LogP contribution is -2.02. The molecule has 9 heterocycles. The smallest absolute Gasteiger partial charge is 0.161 e.